The molecule has 0 aliphatic rings. The van der Waals surface area contributed by atoms with Crippen LogP contribution in [0, 0.1) is 3.70 Å². The first-order valence-electron chi connectivity index (χ1n) is 4.73. The molecule has 7 heteroatoms. The molecule has 0 bridgehead atoms. The maximum absolute atomic E-state index is 12.8. The fourth-order valence-electron chi connectivity index (χ4n) is 1.26. The molecule has 3 nitrogen and oxygen atoms in total. The van der Waals surface area contributed by atoms with E-state index in [9.17, 15) is 13.6 Å². The summed E-state index contributed by atoms with van der Waals surface area (Å²) in [7, 11) is 0. The number of rotatable bonds is 4. The van der Waals surface area contributed by atoms with Crippen LogP contribution in [0.2, 0.25) is 5.02 Å². The van der Waals surface area contributed by atoms with Crippen LogP contribution in [0.4, 0.5) is 8.78 Å². The zero-order valence-electron chi connectivity index (χ0n) is 8.84. The minimum atomic E-state index is -2.75. The Bertz CT molecular complexity index is 429. The van der Waals surface area contributed by atoms with Gasteiger partial charge in [-0.05, 0) is 35.1 Å². The van der Waals surface area contributed by atoms with Crippen molar-refractivity contribution in [3.05, 3.63) is 26.0 Å². The molecule has 0 atom stereocenters. The number of pyridine rings is 1. The van der Waals surface area contributed by atoms with Crippen molar-refractivity contribution in [3.63, 3.8) is 0 Å². The molecule has 1 aromatic rings. The smallest absolute Gasteiger partial charge is 0.310 e. The lowest BCUT2D eigenvalue weighted by molar-refractivity contribution is -0.142. The third-order valence-electron chi connectivity index (χ3n) is 1.96. The average molecular weight is 376 g/mol. The monoisotopic (exact) mass is 375 g/mol. The lowest BCUT2D eigenvalue weighted by Crippen LogP contribution is -2.10. The van der Waals surface area contributed by atoms with Gasteiger partial charge in [-0.15, -0.1) is 0 Å². The fraction of sp³-hybridized carbons (Fsp3) is 0.400. The Hall–Kier alpha value is -0.500. The molecule has 17 heavy (non-hydrogen) atoms. The highest BCUT2D eigenvalue weighted by Crippen LogP contribution is 2.32. The molecule has 0 unspecified atom stereocenters. The van der Waals surface area contributed by atoms with Gasteiger partial charge in [0, 0.05) is 11.8 Å². The van der Waals surface area contributed by atoms with Gasteiger partial charge in [0.1, 0.15) is 3.70 Å². The Morgan fingerprint density at radius 1 is 1.65 bits per heavy atom. The molecule has 0 fully saturated rings. The van der Waals surface area contributed by atoms with Crippen molar-refractivity contribution in [1.29, 1.82) is 0 Å². The van der Waals surface area contributed by atoms with Crippen molar-refractivity contribution in [3.8, 4) is 0 Å². The van der Waals surface area contributed by atoms with E-state index in [-0.39, 0.29) is 32.9 Å². The molecule has 94 valence electrons. The topological polar surface area (TPSA) is 39.2 Å². The van der Waals surface area contributed by atoms with Gasteiger partial charge >= 0.3 is 5.97 Å². The van der Waals surface area contributed by atoms with E-state index >= 15 is 0 Å². The van der Waals surface area contributed by atoms with Gasteiger partial charge in [0.05, 0.1) is 18.1 Å². The number of hydrogen-bond donors (Lipinski definition) is 0. The normalized spacial score (nSPS) is 10.7. The predicted molar refractivity (Wildman–Crippen MR) is 67.3 cm³/mol. The second-order valence-corrected chi connectivity index (χ2v) is 4.48. The van der Waals surface area contributed by atoms with Gasteiger partial charge in [-0.1, -0.05) is 11.6 Å². The van der Waals surface area contributed by atoms with Crippen molar-refractivity contribution in [2.45, 2.75) is 19.8 Å². The summed E-state index contributed by atoms with van der Waals surface area (Å²) in [6.07, 6.45) is -1.77. The molecule has 0 aliphatic carbocycles. The van der Waals surface area contributed by atoms with Crippen LogP contribution in [-0.2, 0) is 16.0 Å². The minimum Gasteiger partial charge on any atom is -0.466 e. The molecule has 1 aromatic heterocycles. The highest BCUT2D eigenvalue weighted by Gasteiger charge is 2.21. The molecule has 0 spiro atoms. The van der Waals surface area contributed by atoms with E-state index in [1.54, 1.807) is 29.5 Å². The fourth-order valence-corrected chi connectivity index (χ4v) is 1.94. The van der Waals surface area contributed by atoms with Crippen LogP contribution in [-0.4, -0.2) is 17.6 Å². The Morgan fingerprint density at radius 3 is 2.82 bits per heavy atom. The summed E-state index contributed by atoms with van der Waals surface area (Å²) in [6.45, 7) is 1.85. The Kier molecular flexibility index (Phi) is 5.51. The molecular formula is C10H9ClF2INO2. The predicted octanol–water partition coefficient (Wildman–Crippen LogP) is 3.38. The van der Waals surface area contributed by atoms with Crippen LogP contribution < -0.4 is 0 Å². The van der Waals surface area contributed by atoms with Crippen LogP contribution in [0.15, 0.2) is 6.20 Å². The quantitative estimate of drug-likeness (QED) is 0.460. The minimum absolute atomic E-state index is 0.101. The van der Waals surface area contributed by atoms with Gasteiger partial charge in [0.2, 0.25) is 0 Å². The lowest BCUT2D eigenvalue weighted by atomic mass is 10.1. The molecule has 0 radical (unpaired) electrons. The number of ether oxygens (including phenoxy) is 1. The molecule has 1 rings (SSSR count). The number of esters is 1. The summed E-state index contributed by atoms with van der Waals surface area (Å²) in [6, 6.07) is 0. The number of aromatic nitrogens is 1. The average Bonchev–Trinajstić information content (AvgIpc) is 2.23. The molecule has 0 N–H and O–H groups in total. The molecule has 0 saturated carbocycles. The number of carbonyl (C=O) groups excluding carboxylic acids is 1. The van der Waals surface area contributed by atoms with Crippen molar-refractivity contribution >= 4 is 40.2 Å². The highest BCUT2D eigenvalue weighted by atomic mass is 127. The largest absolute Gasteiger partial charge is 0.466 e. The van der Waals surface area contributed by atoms with E-state index in [1.165, 1.54) is 6.20 Å². The number of carbonyl (C=O) groups is 1. The van der Waals surface area contributed by atoms with Crippen LogP contribution in [0.1, 0.15) is 24.5 Å². The zero-order chi connectivity index (χ0) is 13.0. The summed E-state index contributed by atoms with van der Waals surface area (Å²) in [5.74, 6) is -0.575. The third kappa shape index (κ3) is 3.74. The SMILES string of the molecule is CCOC(=O)Cc1cnc(I)c(Cl)c1C(F)F. The van der Waals surface area contributed by atoms with E-state index in [0.717, 1.165) is 0 Å². The highest BCUT2D eigenvalue weighted by molar-refractivity contribution is 14.1. The van der Waals surface area contributed by atoms with Crippen molar-refractivity contribution in [1.82, 2.24) is 4.98 Å². The molecule has 0 aromatic carbocycles. The third-order valence-corrected chi connectivity index (χ3v) is 3.47. The van der Waals surface area contributed by atoms with Gasteiger partial charge in [0.25, 0.3) is 6.43 Å². The van der Waals surface area contributed by atoms with Crippen molar-refractivity contribution < 1.29 is 18.3 Å². The second kappa shape index (κ2) is 6.44. The summed E-state index contributed by atoms with van der Waals surface area (Å²) < 4.78 is 30.7. The van der Waals surface area contributed by atoms with E-state index in [4.69, 9.17) is 16.3 Å². The first-order chi connectivity index (χ1) is 7.97. The van der Waals surface area contributed by atoms with Gasteiger partial charge in [0.15, 0.2) is 0 Å². The summed E-state index contributed by atoms with van der Waals surface area (Å²) in [5.41, 5.74) is -0.247. The maximum Gasteiger partial charge on any atom is 0.310 e. The van der Waals surface area contributed by atoms with Crippen LogP contribution >= 0.6 is 34.2 Å². The Balaban J connectivity index is 3.07. The number of hydrogen-bond acceptors (Lipinski definition) is 3. The molecule has 0 aliphatic heterocycles. The van der Waals surface area contributed by atoms with E-state index < -0.39 is 12.4 Å². The van der Waals surface area contributed by atoms with Crippen molar-refractivity contribution in [2.24, 2.45) is 0 Å². The Labute approximate surface area is 116 Å². The van der Waals surface area contributed by atoms with E-state index in [2.05, 4.69) is 4.98 Å². The van der Waals surface area contributed by atoms with Gasteiger partial charge in [-0.2, -0.15) is 0 Å². The number of nitrogens with zero attached hydrogens (tertiary/aromatic N) is 1. The first kappa shape index (κ1) is 14.6. The molecule has 0 amide bonds. The maximum atomic E-state index is 12.8. The lowest BCUT2D eigenvalue weighted by Gasteiger charge is -2.10. The van der Waals surface area contributed by atoms with Gasteiger partial charge < -0.3 is 4.74 Å². The van der Waals surface area contributed by atoms with Crippen molar-refractivity contribution in [2.75, 3.05) is 6.61 Å². The van der Waals surface area contributed by atoms with E-state index in [1.807, 2.05) is 0 Å². The first-order valence-corrected chi connectivity index (χ1v) is 6.19. The van der Waals surface area contributed by atoms with E-state index in [0.29, 0.717) is 0 Å². The standard InChI is InChI=1S/C10H9ClF2INO2/c1-2-17-6(16)3-5-4-15-10(14)8(11)7(5)9(12)13/h4,9H,2-3H2,1H3. The van der Waals surface area contributed by atoms with Crippen LogP contribution in [0.3, 0.4) is 0 Å². The van der Waals surface area contributed by atoms with Crippen LogP contribution in [0.5, 0.6) is 0 Å². The Morgan fingerprint density at radius 2 is 2.29 bits per heavy atom. The number of alkyl halides is 2. The summed E-state index contributed by atoms with van der Waals surface area (Å²) in [5, 5.41) is -0.109. The molecular weight excluding hydrogens is 366 g/mol. The second-order valence-electron chi connectivity index (χ2n) is 3.08. The summed E-state index contributed by atoms with van der Waals surface area (Å²) >= 11 is 7.51. The zero-order valence-corrected chi connectivity index (χ0v) is 11.8. The van der Waals surface area contributed by atoms with Crippen LogP contribution in [0.25, 0.3) is 0 Å². The molecule has 1 heterocycles. The summed E-state index contributed by atoms with van der Waals surface area (Å²) in [4.78, 5) is 15.1. The molecule has 0 saturated heterocycles. The van der Waals surface area contributed by atoms with Gasteiger partial charge in [-0.25, -0.2) is 13.8 Å². The van der Waals surface area contributed by atoms with Gasteiger partial charge in [-0.3, -0.25) is 4.79 Å². The number of halogens is 4.